The van der Waals surface area contributed by atoms with Crippen molar-refractivity contribution >= 4 is 0 Å². The third kappa shape index (κ3) is 2.93. The molecule has 0 aromatic rings. The highest BCUT2D eigenvalue weighted by molar-refractivity contribution is 4.84. The predicted molar refractivity (Wildman–Crippen MR) is 54.1 cm³/mol. The van der Waals surface area contributed by atoms with Crippen LogP contribution in [0, 0.1) is 11.8 Å². The van der Waals surface area contributed by atoms with Crippen molar-refractivity contribution < 1.29 is 4.74 Å². The molecular formula is C10H22N2O. The van der Waals surface area contributed by atoms with Gasteiger partial charge in [0.2, 0.25) is 0 Å². The monoisotopic (exact) mass is 186 g/mol. The molecule has 0 spiro atoms. The number of hydrogen-bond acceptors (Lipinski definition) is 3. The van der Waals surface area contributed by atoms with Gasteiger partial charge in [0, 0.05) is 19.8 Å². The molecule has 13 heavy (non-hydrogen) atoms. The Kier molecular flexibility index (Phi) is 4.70. The first-order valence-electron chi connectivity index (χ1n) is 5.24. The molecule has 1 aliphatic carbocycles. The van der Waals surface area contributed by atoms with Crippen molar-refractivity contribution in [1.82, 2.24) is 5.43 Å². The van der Waals surface area contributed by atoms with E-state index < -0.39 is 0 Å². The number of nitrogens with two attached hydrogens (primary N) is 1. The van der Waals surface area contributed by atoms with Gasteiger partial charge in [-0.2, -0.15) is 0 Å². The quantitative estimate of drug-likeness (QED) is 0.485. The van der Waals surface area contributed by atoms with Gasteiger partial charge < -0.3 is 4.74 Å². The minimum atomic E-state index is 0.490. The van der Waals surface area contributed by atoms with Crippen molar-refractivity contribution in [2.75, 3.05) is 13.7 Å². The molecular weight excluding hydrogens is 164 g/mol. The van der Waals surface area contributed by atoms with E-state index in [4.69, 9.17) is 10.6 Å². The van der Waals surface area contributed by atoms with Crippen LogP contribution in [0.15, 0.2) is 0 Å². The molecule has 1 fully saturated rings. The molecule has 2 atom stereocenters. The van der Waals surface area contributed by atoms with Crippen LogP contribution in [-0.2, 0) is 4.74 Å². The molecule has 0 heterocycles. The van der Waals surface area contributed by atoms with E-state index in [0.29, 0.717) is 12.0 Å². The Balaban J connectivity index is 2.26. The molecule has 0 bridgehead atoms. The Bertz CT molecular complexity index is 137. The molecule has 0 saturated heterocycles. The van der Waals surface area contributed by atoms with Crippen molar-refractivity contribution in [2.24, 2.45) is 17.7 Å². The van der Waals surface area contributed by atoms with Crippen molar-refractivity contribution in [2.45, 2.75) is 38.6 Å². The summed E-state index contributed by atoms with van der Waals surface area (Å²) in [7, 11) is 1.75. The number of methoxy groups -OCH3 is 1. The predicted octanol–water partition coefficient (Wildman–Crippen LogP) is 1.29. The highest BCUT2D eigenvalue weighted by Gasteiger charge is 2.29. The van der Waals surface area contributed by atoms with Crippen LogP contribution in [0.5, 0.6) is 0 Å². The molecule has 0 amide bonds. The zero-order valence-corrected chi connectivity index (χ0v) is 8.75. The summed E-state index contributed by atoms with van der Waals surface area (Å²) in [6.45, 7) is 3.09. The second-order valence-electron chi connectivity index (χ2n) is 4.14. The lowest BCUT2D eigenvalue weighted by atomic mass is 9.75. The fraction of sp³-hybridized carbons (Fsp3) is 1.00. The summed E-state index contributed by atoms with van der Waals surface area (Å²) in [6, 6.07) is 0.490. The SMILES string of the molecule is COCCC(C)C(NN)C1CCC1. The average Bonchev–Trinajstić information content (AvgIpc) is 2.06. The van der Waals surface area contributed by atoms with Gasteiger partial charge in [0.15, 0.2) is 0 Å². The van der Waals surface area contributed by atoms with E-state index in [9.17, 15) is 0 Å². The molecule has 0 radical (unpaired) electrons. The highest BCUT2D eigenvalue weighted by Crippen LogP contribution is 2.33. The van der Waals surface area contributed by atoms with Crippen LogP contribution in [0.3, 0.4) is 0 Å². The Morgan fingerprint density at radius 2 is 2.23 bits per heavy atom. The van der Waals surface area contributed by atoms with Gasteiger partial charge in [0.1, 0.15) is 0 Å². The fourth-order valence-corrected chi connectivity index (χ4v) is 2.05. The summed E-state index contributed by atoms with van der Waals surface area (Å²) in [6.07, 6.45) is 5.15. The molecule has 2 unspecified atom stereocenters. The third-order valence-electron chi connectivity index (χ3n) is 3.24. The summed E-state index contributed by atoms with van der Waals surface area (Å²) in [5.41, 5.74) is 2.96. The average molecular weight is 186 g/mol. The van der Waals surface area contributed by atoms with E-state index in [1.54, 1.807) is 7.11 Å². The molecule has 3 N–H and O–H groups in total. The van der Waals surface area contributed by atoms with Crippen molar-refractivity contribution in [3.05, 3.63) is 0 Å². The molecule has 78 valence electrons. The third-order valence-corrected chi connectivity index (χ3v) is 3.24. The van der Waals surface area contributed by atoms with E-state index >= 15 is 0 Å². The zero-order valence-electron chi connectivity index (χ0n) is 8.75. The first kappa shape index (κ1) is 11.0. The number of rotatable bonds is 6. The van der Waals surface area contributed by atoms with Gasteiger partial charge in [-0.05, 0) is 31.1 Å². The topological polar surface area (TPSA) is 47.3 Å². The Morgan fingerprint density at radius 1 is 1.54 bits per heavy atom. The first-order chi connectivity index (χ1) is 6.29. The number of nitrogens with one attached hydrogen (secondary N) is 1. The minimum Gasteiger partial charge on any atom is -0.385 e. The maximum absolute atomic E-state index is 5.56. The van der Waals surface area contributed by atoms with E-state index in [1.165, 1.54) is 19.3 Å². The second-order valence-corrected chi connectivity index (χ2v) is 4.14. The molecule has 0 aliphatic heterocycles. The minimum absolute atomic E-state index is 0.490. The van der Waals surface area contributed by atoms with Gasteiger partial charge in [-0.1, -0.05) is 13.3 Å². The van der Waals surface area contributed by atoms with Crippen LogP contribution in [-0.4, -0.2) is 19.8 Å². The molecule has 1 aliphatic rings. The van der Waals surface area contributed by atoms with Gasteiger partial charge in [-0.3, -0.25) is 11.3 Å². The number of hydrazine groups is 1. The smallest absolute Gasteiger partial charge is 0.0465 e. The van der Waals surface area contributed by atoms with Gasteiger partial charge in [0.25, 0.3) is 0 Å². The molecule has 3 nitrogen and oxygen atoms in total. The van der Waals surface area contributed by atoms with Crippen LogP contribution in [0.1, 0.15) is 32.6 Å². The fourth-order valence-electron chi connectivity index (χ4n) is 2.05. The van der Waals surface area contributed by atoms with Crippen LogP contribution in [0.2, 0.25) is 0 Å². The largest absolute Gasteiger partial charge is 0.385 e. The zero-order chi connectivity index (χ0) is 9.68. The highest BCUT2D eigenvalue weighted by atomic mass is 16.5. The summed E-state index contributed by atoms with van der Waals surface area (Å²) in [4.78, 5) is 0. The number of hydrogen-bond donors (Lipinski definition) is 2. The molecule has 0 aromatic carbocycles. The van der Waals surface area contributed by atoms with Crippen LogP contribution in [0.4, 0.5) is 0 Å². The summed E-state index contributed by atoms with van der Waals surface area (Å²) in [5.74, 6) is 6.99. The maximum Gasteiger partial charge on any atom is 0.0465 e. The maximum atomic E-state index is 5.56. The standard InChI is InChI=1S/C10H22N2O/c1-8(6-7-13-2)10(12-11)9-4-3-5-9/h8-10,12H,3-7,11H2,1-2H3. The first-order valence-corrected chi connectivity index (χ1v) is 5.24. The summed E-state index contributed by atoms with van der Waals surface area (Å²) in [5, 5.41) is 0. The van der Waals surface area contributed by atoms with E-state index in [1.807, 2.05) is 0 Å². The van der Waals surface area contributed by atoms with E-state index in [0.717, 1.165) is 18.9 Å². The van der Waals surface area contributed by atoms with Crippen molar-refractivity contribution in [3.8, 4) is 0 Å². The van der Waals surface area contributed by atoms with Crippen molar-refractivity contribution in [1.29, 1.82) is 0 Å². The number of ether oxygens (including phenoxy) is 1. The van der Waals surface area contributed by atoms with Gasteiger partial charge in [-0.25, -0.2) is 0 Å². The lowest BCUT2D eigenvalue weighted by Gasteiger charge is -2.36. The van der Waals surface area contributed by atoms with Crippen LogP contribution in [0.25, 0.3) is 0 Å². The Labute approximate surface area is 81.0 Å². The molecule has 1 saturated carbocycles. The van der Waals surface area contributed by atoms with Crippen molar-refractivity contribution in [3.63, 3.8) is 0 Å². The van der Waals surface area contributed by atoms with E-state index in [2.05, 4.69) is 12.3 Å². The van der Waals surface area contributed by atoms with Gasteiger partial charge in [0.05, 0.1) is 0 Å². The lowest BCUT2D eigenvalue weighted by molar-refractivity contribution is 0.134. The molecule has 3 heteroatoms. The summed E-state index contributed by atoms with van der Waals surface area (Å²) < 4.78 is 5.07. The summed E-state index contributed by atoms with van der Waals surface area (Å²) >= 11 is 0. The van der Waals surface area contributed by atoms with Gasteiger partial charge >= 0.3 is 0 Å². The van der Waals surface area contributed by atoms with Crippen LogP contribution < -0.4 is 11.3 Å². The molecule has 0 aromatic heterocycles. The van der Waals surface area contributed by atoms with Gasteiger partial charge in [-0.15, -0.1) is 0 Å². The Morgan fingerprint density at radius 3 is 2.62 bits per heavy atom. The lowest BCUT2D eigenvalue weighted by Crippen LogP contribution is -2.47. The normalized spacial score (nSPS) is 22.4. The Hall–Kier alpha value is -0.120. The van der Waals surface area contributed by atoms with Crippen LogP contribution >= 0.6 is 0 Å². The second kappa shape index (κ2) is 5.58. The molecule has 1 rings (SSSR count). The van der Waals surface area contributed by atoms with E-state index in [-0.39, 0.29) is 0 Å².